The summed E-state index contributed by atoms with van der Waals surface area (Å²) in [5.74, 6) is -1.06. The quantitative estimate of drug-likeness (QED) is 0.0206. The summed E-state index contributed by atoms with van der Waals surface area (Å²) in [4.78, 5) is 97.6. The normalized spacial score (nSPS) is 12.0. The standard InChI is InChI=1S/2C12H15N7O2.C12H14N6O2.2C11H13N7O2.2C11H13N5O2S/c1-7-16-18-12(19-17-7)15-6-8-2-3-9(14-5-8)4-10(13)11(20)21;1-7-16-18-12(19-17-7)15-6-9-3-2-8(5-14-9)4-10(13)11(20)21;1-7-15-17-11(18-16-7)5-9-3-2-8(6-14-9)4-10(13)12(19)20;1-6-15-17-11(18-16-6)14-8-2-7(4-13-5-8)3-9(12)10(19)20;1-6-15-17-11(18-16-6)14-7-2-3-13-8(4-7)5-9(12)10(19)20;1-6-13-15-10(16-14-6)4-8-2-7(5-19-8)3-9(12)11(17)18;1-6-13-15-10(16-14-6)5-9-7(2-3-19-9)4-8(12)11(17)18/h2*2-3,5,10H,4,6,13H2,1H3,(H,20,21)(H,15,18,19);2-3,6,10H,4-5,13H2,1H3,(H,19,20);2,4-5,9H,3,12H2,1H3,(H,19,20)(H,14,17,18);2-4,9H,5,12H2,1H3,(H,19,20)(H,13,14,17,18);2,5,9H,3-4,12H2,1H3,(H,17,18);2-3,8H,4-5,12H2,1H3,(H,17,18)/t3*10-;3*9-;8-/m0000000/s1. The van der Waals surface area contributed by atoms with Gasteiger partial charge in [-0.2, -0.15) is 0 Å². The van der Waals surface area contributed by atoms with Crippen LogP contribution < -0.4 is 61.4 Å². The molecule has 14 aromatic heterocycles. The van der Waals surface area contributed by atoms with Gasteiger partial charge in [0.15, 0.2) is 58.2 Å². The summed E-state index contributed by atoms with van der Waals surface area (Å²) < 4.78 is 0. The molecule has 0 radical (unpaired) electrons. The van der Waals surface area contributed by atoms with Crippen LogP contribution in [0.2, 0.25) is 0 Å². The Balaban J connectivity index is 0.000000200. The molecule has 0 amide bonds. The summed E-state index contributed by atoms with van der Waals surface area (Å²) in [6.07, 6.45) is 12.6. The van der Waals surface area contributed by atoms with E-state index in [0.717, 1.165) is 49.0 Å². The molecule has 0 aliphatic rings. The molecule has 0 saturated heterocycles. The van der Waals surface area contributed by atoms with Crippen LogP contribution in [0.3, 0.4) is 0 Å². The maximum Gasteiger partial charge on any atom is 0.320 e. The van der Waals surface area contributed by atoms with Crippen LogP contribution in [0.1, 0.15) is 124 Å². The number of pyridine rings is 5. The van der Waals surface area contributed by atoms with E-state index >= 15 is 0 Å². The molecule has 14 rings (SSSR count). The monoisotopic (exact) mass is 1960 g/mol. The lowest BCUT2D eigenvalue weighted by atomic mass is 10.1. The van der Waals surface area contributed by atoms with Crippen LogP contribution in [-0.4, -0.2) is 288 Å². The summed E-state index contributed by atoms with van der Waals surface area (Å²) >= 11 is 3.04. The number of carboxylic acids is 7. The number of anilines is 6. The maximum absolute atomic E-state index is 10.8. The molecule has 14 heterocycles. The summed E-state index contributed by atoms with van der Waals surface area (Å²) in [5.41, 5.74) is 47.2. The molecule has 0 bridgehead atoms. The van der Waals surface area contributed by atoms with E-state index in [1.165, 1.54) is 22.7 Å². The summed E-state index contributed by atoms with van der Waals surface area (Å²) in [6.45, 7) is 12.8. The Bertz CT molecular complexity index is 6030. The van der Waals surface area contributed by atoms with Gasteiger partial charge in [-0.25, -0.2) is 0 Å². The molecule has 0 aliphatic heterocycles. The second-order valence-electron chi connectivity index (χ2n) is 29.6. The third-order valence-corrected chi connectivity index (χ3v) is 19.7. The van der Waals surface area contributed by atoms with Crippen LogP contribution >= 0.6 is 22.7 Å². The Labute approximate surface area is 801 Å². The molecule has 7 atom stereocenters. The van der Waals surface area contributed by atoms with Gasteiger partial charge in [-0.05, 0) is 173 Å². The van der Waals surface area contributed by atoms with E-state index in [0.29, 0.717) is 144 Å². The van der Waals surface area contributed by atoms with E-state index in [2.05, 4.69) is 189 Å². The van der Waals surface area contributed by atoms with Gasteiger partial charge in [0.25, 0.3) is 23.8 Å². The number of hydrogen-bond acceptors (Lipinski definition) is 53. The third kappa shape index (κ3) is 40.2. The average Bonchev–Trinajstić information content (AvgIpc) is 1.76. The number of hydrogen-bond donors (Lipinski definition) is 18. The van der Waals surface area contributed by atoms with Crippen LogP contribution in [-0.2, 0) is 111 Å². The second-order valence-corrected chi connectivity index (χ2v) is 31.6. The molecule has 14 aromatic rings. The highest BCUT2D eigenvalue weighted by Gasteiger charge is 2.22. The summed E-state index contributed by atoms with van der Waals surface area (Å²) in [7, 11) is 0. The SMILES string of the molecule is Cc1nnc(Cc2cc(C[C@H](N)C(=O)O)cs2)nn1.Cc1nnc(Cc2ccc(C[C@H](N)C(=O)O)cn2)nn1.Cc1nnc(Cc2sccc2C[C@H](N)C(=O)O)nn1.Cc1nnc(NCc2ccc(C[C@H](N)C(=O)O)cn2)nn1.Cc1nnc(NCc2ccc(C[C@H](N)C(=O)O)nc2)nn1.Cc1nnc(Nc2ccnc(C[C@H](N)C(=O)O)c2)nn1.Cc1nnc(Nc2cncc(C[C@H](N)C(=O)O)c2)nn1. The number of thiophene rings is 2. The molecule has 140 heavy (non-hydrogen) atoms. The van der Waals surface area contributed by atoms with Gasteiger partial charge < -0.3 is 97.1 Å². The van der Waals surface area contributed by atoms with Crippen molar-refractivity contribution in [2.45, 2.75) is 168 Å². The van der Waals surface area contributed by atoms with E-state index in [1.807, 2.05) is 29.0 Å². The fraction of sp³-hybridized carbons (Fsp3) is 0.325. The van der Waals surface area contributed by atoms with Crippen molar-refractivity contribution >= 4 is 99.6 Å². The molecule has 732 valence electrons. The first kappa shape index (κ1) is 108. The number of nitrogens with one attached hydrogen (secondary N) is 4. The van der Waals surface area contributed by atoms with Crippen LogP contribution in [0.5, 0.6) is 0 Å². The average molecular weight is 1960 g/mol. The van der Waals surface area contributed by atoms with E-state index in [9.17, 15) is 33.6 Å². The molecule has 0 unspecified atom stereocenters. The zero-order valence-corrected chi connectivity index (χ0v) is 77.2. The largest absolute Gasteiger partial charge is 0.480 e. The van der Waals surface area contributed by atoms with Crippen LogP contribution in [0.15, 0.2) is 115 Å². The van der Waals surface area contributed by atoms with Gasteiger partial charge in [0.05, 0.1) is 30.5 Å². The zero-order chi connectivity index (χ0) is 102. The van der Waals surface area contributed by atoms with Gasteiger partial charge >= 0.3 is 41.8 Å². The molecule has 25 N–H and O–H groups in total. The van der Waals surface area contributed by atoms with E-state index in [-0.39, 0.29) is 44.0 Å². The number of rotatable bonds is 37. The molecule has 0 saturated carbocycles. The first-order chi connectivity index (χ1) is 66.8. The van der Waals surface area contributed by atoms with Gasteiger partial charge in [0.1, 0.15) is 42.3 Å². The van der Waals surface area contributed by atoms with Gasteiger partial charge in [0, 0.05) is 95.7 Å². The molecule has 0 aromatic carbocycles. The Morgan fingerprint density at radius 1 is 0.300 bits per heavy atom. The van der Waals surface area contributed by atoms with Gasteiger partial charge in [0.2, 0.25) is 0 Å². The minimum absolute atomic E-state index is 0.135. The lowest BCUT2D eigenvalue weighted by molar-refractivity contribution is -0.139. The zero-order valence-electron chi connectivity index (χ0n) is 75.6. The van der Waals surface area contributed by atoms with Crippen molar-refractivity contribution in [1.29, 1.82) is 0 Å². The fourth-order valence-corrected chi connectivity index (χ4v) is 12.4. The number of aliphatic carboxylic acids is 7. The van der Waals surface area contributed by atoms with E-state index in [1.54, 1.807) is 134 Å². The lowest BCUT2D eigenvalue weighted by Crippen LogP contribution is -2.32. The predicted octanol–water partition coefficient (Wildman–Crippen LogP) is -1.71. The number of nitrogens with two attached hydrogens (primary N) is 7. The Morgan fingerprint density at radius 3 is 1.09 bits per heavy atom. The molecule has 58 nitrogen and oxygen atoms in total. The van der Waals surface area contributed by atoms with Crippen molar-refractivity contribution in [2.24, 2.45) is 40.1 Å². The van der Waals surface area contributed by atoms with Crippen molar-refractivity contribution in [2.75, 3.05) is 21.3 Å². The van der Waals surface area contributed by atoms with Crippen LogP contribution in [0.4, 0.5) is 35.2 Å². The number of carboxylic acid groups (broad SMARTS) is 7. The number of carbonyl (C=O) groups is 7. The molecular weight excluding hydrogens is 1870 g/mol. The van der Waals surface area contributed by atoms with Gasteiger partial charge in [-0.15, -0.1) is 165 Å². The van der Waals surface area contributed by atoms with E-state index in [4.69, 9.17) is 75.9 Å². The fourth-order valence-electron chi connectivity index (χ4n) is 10.6. The Hall–Kier alpha value is -17.1. The number of aromatic nitrogens is 33. The van der Waals surface area contributed by atoms with Crippen LogP contribution in [0.25, 0.3) is 0 Å². The number of aryl methyl sites for hydroxylation is 7. The summed E-state index contributed by atoms with van der Waals surface area (Å²) in [5, 5.41) is 184. The first-order valence-electron chi connectivity index (χ1n) is 41.3. The molecule has 0 aliphatic carbocycles. The minimum Gasteiger partial charge on any atom is -0.480 e. The van der Waals surface area contributed by atoms with Gasteiger partial charge in [-0.1, -0.05) is 18.2 Å². The highest BCUT2D eigenvalue weighted by atomic mass is 32.1. The van der Waals surface area contributed by atoms with Crippen molar-refractivity contribution in [1.82, 2.24) is 168 Å². The first-order valence-corrected chi connectivity index (χ1v) is 43.1. The Morgan fingerprint density at radius 2 is 0.657 bits per heavy atom. The third-order valence-electron chi connectivity index (χ3n) is 17.7. The lowest BCUT2D eigenvalue weighted by Gasteiger charge is -2.08. The van der Waals surface area contributed by atoms with Crippen molar-refractivity contribution < 1.29 is 69.3 Å². The summed E-state index contributed by atoms with van der Waals surface area (Å²) in [6, 6.07) is 13.1. The molecule has 0 spiro atoms. The molecule has 60 heteroatoms. The Kier molecular flexibility index (Phi) is 43.1. The second kappa shape index (κ2) is 55.7. The minimum atomic E-state index is -1.07. The van der Waals surface area contributed by atoms with Crippen molar-refractivity contribution in [3.05, 3.63) is 239 Å². The maximum atomic E-state index is 10.8. The molecular formula is C80H96N44O14S2. The molecule has 0 fully saturated rings. The predicted molar refractivity (Wildman–Crippen MR) is 491 cm³/mol. The van der Waals surface area contributed by atoms with Crippen molar-refractivity contribution in [3.8, 4) is 0 Å². The van der Waals surface area contributed by atoms with Crippen LogP contribution in [0, 0.1) is 48.5 Å². The van der Waals surface area contributed by atoms with Gasteiger partial charge in [-0.3, -0.25) is 58.5 Å². The highest BCUT2D eigenvalue weighted by molar-refractivity contribution is 7.10. The highest BCUT2D eigenvalue weighted by Crippen LogP contribution is 2.23. The topological polar surface area (TPSA) is 917 Å². The van der Waals surface area contributed by atoms with Crippen molar-refractivity contribution in [3.63, 3.8) is 0 Å². The smallest absolute Gasteiger partial charge is 0.320 e. The van der Waals surface area contributed by atoms with E-state index < -0.39 is 84.1 Å². The number of nitrogens with zero attached hydrogens (tertiary/aromatic N) is 33.